The van der Waals surface area contributed by atoms with Crippen LogP contribution in [0.15, 0.2) is 52.6 Å². The van der Waals surface area contributed by atoms with Gasteiger partial charge >= 0.3 is 10.2 Å². The fourth-order valence-corrected chi connectivity index (χ4v) is 11.7. The number of hydrogen-bond donors (Lipinski definition) is 1. The smallest absolute Gasteiger partial charge is 0.303 e. The summed E-state index contributed by atoms with van der Waals surface area (Å²) >= 11 is 0. The fourth-order valence-electron chi connectivity index (χ4n) is 11.2. The normalized spacial score (nSPS) is 31.4. The molecule has 4 aliphatic carbocycles. The number of methoxy groups -OCH3 is 1. The van der Waals surface area contributed by atoms with Crippen LogP contribution in [0.4, 0.5) is 0 Å². The van der Waals surface area contributed by atoms with E-state index >= 15 is 4.79 Å². The number of allylic oxidation sites excluding steroid dienone is 4. The largest absolute Gasteiger partial charge is 0.496 e. The van der Waals surface area contributed by atoms with Crippen LogP contribution in [-0.4, -0.2) is 106 Å². The van der Waals surface area contributed by atoms with Crippen molar-refractivity contribution in [3.05, 3.63) is 63.9 Å². The second-order valence-corrected chi connectivity index (χ2v) is 19.0. The Morgan fingerprint density at radius 3 is 2.40 bits per heavy atom. The molecule has 0 spiro atoms. The standard InChI is InChI=1S/C40H49N5O6S/c1-42(2)52(48,49)41-37(46)35-30-17-45-31(16-29-32(50-3)15-14-26(36(29)45)24-8-5-4-6-9-24)33-27(34(30)35)10-7-11-28(33)38(47)44-20-39-18-43(25-12-13-25)19-40(39,21-44)23-51-22-39/h7,10,14-16,24-25,28,33H,4-6,8-9,11-13,17-23H2,1-3H3,(H,41,46)/t28-,33-,39?,40?/m1/s1. The summed E-state index contributed by atoms with van der Waals surface area (Å²) in [6.07, 6.45) is 13.2. The first-order chi connectivity index (χ1) is 25.0. The van der Waals surface area contributed by atoms with Gasteiger partial charge in [-0.05, 0) is 72.4 Å². The molecule has 2 amide bonds. The van der Waals surface area contributed by atoms with Gasteiger partial charge in [0.25, 0.3) is 5.91 Å². The summed E-state index contributed by atoms with van der Waals surface area (Å²) < 4.78 is 43.4. The van der Waals surface area contributed by atoms with Crippen molar-refractivity contribution >= 4 is 32.9 Å². The highest BCUT2D eigenvalue weighted by Gasteiger charge is 2.68. The Bertz CT molecular complexity index is 2100. The predicted molar refractivity (Wildman–Crippen MR) is 196 cm³/mol. The third-order valence-corrected chi connectivity index (χ3v) is 15.4. The molecule has 10 rings (SSSR count). The Kier molecular flexibility index (Phi) is 7.35. The van der Waals surface area contributed by atoms with Crippen LogP contribution in [-0.2, 0) is 31.1 Å². The van der Waals surface area contributed by atoms with Gasteiger partial charge in [0.05, 0.1) is 37.3 Å². The molecule has 276 valence electrons. The third kappa shape index (κ3) is 4.75. The fraction of sp³-hybridized carbons (Fsp3) is 0.600. The molecule has 11 nitrogen and oxygen atoms in total. The third-order valence-electron chi connectivity index (χ3n) is 14.0. The van der Waals surface area contributed by atoms with E-state index in [9.17, 15) is 13.2 Å². The van der Waals surface area contributed by atoms with Crippen LogP contribution in [0.25, 0.3) is 10.9 Å². The lowest BCUT2D eigenvalue weighted by molar-refractivity contribution is -0.136. The molecule has 2 aromatic rings. The van der Waals surface area contributed by atoms with Crippen molar-refractivity contribution in [1.29, 1.82) is 0 Å². The number of ether oxygens (including phenoxy) is 2. The van der Waals surface area contributed by atoms with Gasteiger partial charge in [0.15, 0.2) is 0 Å². The average Bonchev–Trinajstić information content (AvgIpc) is 3.97. The molecule has 1 aromatic carbocycles. The Labute approximate surface area is 305 Å². The van der Waals surface area contributed by atoms with Gasteiger partial charge in [-0.3, -0.25) is 14.5 Å². The second kappa shape index (κ2) is 11.5. The molecule has 52 heavy (non-hydrogen) atoms. The summed E-state index contributed by atoms with van der Waals surface area (Å²) in [6.45, 7) is 5.30. The minimum Gasteiger partial charge on any atom is -0.496 e. The summed E-state index contributed by atoms with van der Waals surface area (Å²) in [5.74, 6) is 0.111. The molecule has 0 bridgehead atoms. The topological polar surface area (TPSA) is 113 Å². The first-order valence-corrected chi connectivity index (χ1v) is 20.7. The summed E-state index contributed by atoms with van der Waals surface area (Å²) in [5, 5.41) is 1.03. The lowest BCUT2D eigenvalue weighted by Crippen LogP contribution is -2.43. The predicted octanol–water partition coefficient (Wildman–Crippen LogP) is 4.22. The number of nitrogens with one attached hydrogen (secondary N) is 1. The maximum Gasteiger partial charge on any atom is 0.303 e. The molecular formula is C40H49N5O6S. The zero-order valence-electron chi connectivity index (χ0n) is 30.4. The Morgan fingerprint density at radius 2 is 1.73 bits per heavy atom. The number of nitrogens with zero attached hydrogens (tertiary/aromatic N) is 4. The first kappa shape index (κ1) is 33.1. The molecule has 8 aliphatic rings. The van der Waals surface area contributed by atoms with E-state index in [4.69, 9.17) is 9.47 Å². The van der Waals surface area contributed by atoms with E-state index in [1.54, 1.807) is 7.11 Å². The van der Waals surface area contributed by atoms with Gasteiger partial charge in [0.2, 0.25) is 5.91 Å². The van der Waals surface area contributed by atoms with Crippen LogP contribution in [0, 0.1) is 16.7 Å². The lowest BCUT2D eigenvalue weighted by atomic mass is 9.71. The SMILES string of the molecule is COc1ccc(C2CCCCC2)c2c1cc1n2CC2=C(C(=O)NS(=O)(=O)N(C)C)C2=C2C=CC[C@@H](C(=O)N3CC45COCC4(C3)CN(C3CC3)C5)[C@@H]21. The highest BCUT2D eigenvalue weighted by atomic mass is 32.2. The molecule has 0 radical (unpaired) electrons. The lowest BCUT2D eigenvalue weighted by Gasteiger charge is -2.35. The van der Waals surface area contributed by atoms with Crippen molar-refractivity contribution in [2.75, 3.05) is 60.6 Å². The van der Waals surface area contributed by atoms with Gasteiger partial charge < -0.3 is 18.9 Å². The van der Waals surface area contributed by atoms with E-state index in [-0.39, 0.29) is 28.6 Å². The van der Waals surface area contributed by atoms with E-state index in [0.717, 1.165) is 82.4 Å². The number of aromatic nitrogens is 1. The van der Waals surface area contributed by atoms with Gasteiger partial charge in [0, 0.05) is 80.7 Å². The number of amides is 2. The van der Waals surface area contributed by atoms with Gasteiger partial charge in [-0.2, -0.15) is 12.7 Å². The number of hydrogen-bond acceptors (Lipinski definition) is 7. The maximum atomic E-state index is 15.1. The van der Waals surface area contributed by atoms with Gasteiger partial charge in [-0.1, -0.05) is 37.5 Å². The average molecular weight is 728 g/mol. The van der Waals surface area contributed by atoms with E-state index in [1.165, 1.54) is 51.8 Å². The number of carbonyl (C=O) groups excluding carboxylic acids is 2. The summed E-state index contributed by atoms with van der Waals surface area (Å²) in [6, 6.07) is 7.26. The summed E-state index contributed by atoms with van der Waals surface area (Å²) in [7, 11) is 0.530. The van der Waals surface area contributed by atoms with Gasteiger partial charge in [0.1, 0.15) is 5.75 Å². The van der Waals surface area contributed by atoms with Crippen LogP contribution in [0.2, 0.25) is 0 Å². The van der Waals surface area contributed by atoms with Crippen molar-refractivity contribution in [2.45, 2.75) is 75.8 Å². The molecule has 3 saturated heterocycles. The molecule has 5 heterocycles. The van der Waals surface area contributed by atoms with E-state index in [1.807, 2.05) is 0 Å². The number of rotatable bonds is 7. The van der Waals surface area contributed by atoms with Crippen molar-refractivity contribution < 1.29 is 27.5 Å². The Balaban J connectivity index is 1.09. The van der Waals surface area contributed by atoms with Crippen LogP contribution in [0.1, 0.15) is 74.5 Å². The van der Waals surface area contributed by atoms with Gasteiger partial charge in [-0.15, -0.1) is 0 Å². The van der Waals surface area contributed by atoms with E-state index < -0.39 is 16.1 Å². The highest BCUT2D eigenvalue weighted by Crippen LogP contribution is 2.59. The zero-order valence-corrected chi connectivity index (χ0v) is 31.3. The van der Waals surface area contributed by atoms with Crippen molar-refractivity contribution in [1.82, 2.24) is 23.4 Å². The minimum atomic E-state index is -3.99. The quantitative estimate of drug-likeness (QED) is 0.455. The molecule has 4 aliphatic heterocycles. The van der Waals surface area contributed by atoms with Gasteiger partial charge in [-0.25, -0.2) is 4.72 Å². The van der Waals surface area contributed by atoms with Crippen LogP contribution in [0.5, 0.6) is 5.75 Å². The molecule has 1 N–H and O–H groups in total. The van der Waals surface area contributed by atoms with Crippen molar-refractivity contribution in [3.63, 3.8) is 0 Å². The molecular weight excluding hydrogens is 679 g/mol. The molecule has 4 atom stereocenters. The Hall–Kier alpha value is -3.45. The van der Waals surface area contributed by atoms with Crippen LogP contribution >= 0.6 is 0 Å². The van der Waals surface area contributed by atoms with Crippen LogP contribution < -0.4 is 9.46 Å². The van der Waals surface area contributed by atoms with Crippen LogP contribution in [0.3, 0.4) is 0 Å². The highest BCUT2D eigenvalue weighted by molar-refractivity contribution is 7.87. The summed E-state index contributed by atoms with van der Waals surface area (Å²) in [4.78, 5) is 33.7. The number of likely N-dealkylation sites (tertiary alicyclic amines) is 2. The maximum absolute atomic E-state index is 15.1. The van der Waals surface area contributed by atoms with Crippen molar-refractivity contribution in [2.24, 2.45) is 16.7 Å². The molecule has 5 fully saturated rings. The molecule has 12 heteroatoms. The number of carbonyl (C=O) groups is 2. The van der Waals surface area contributed by atoms with Crippen molar-refractivity contribution in [3.8, 4) is 5.75 Å². The monoisotopic (exact) mass is 727 g/mol. The summed E-state index contributed by atoms with van der Waals surface area (Å²) in [5.41, 5.74) is 6.46. The molecule has 2 saturated carbocycles. The van der Waals surface area contributed by atoms with E-state index in [2.05, 4.69) is 49.4 Å². The second-order valence-electron chi connectivity index (χ2n) is 17.1. The first-order valence-electron chi connectivity index (χ1n) is 19.2. The number of benzene rings is 1. The minimum absolute atomic E-state index is 0.0218. The van der Waals surface area contributed by atoms with E-state index in [0.29, 0.717) is 43.7 Å². The molecule has 2 unspecified atom stereocenters. The number of fused-ring (bicyclic) bond motifs is 6. The molecule has 1 aromatic heterocycles. The Morgan fingerprint density at radius 1 is 1.00 bits per heavy atom. The zero-order chi connectivity index (χ0) is 35.7.